The van der Waals surface area contributed by atoms with Gasteiger partial charge in [-0.2, -0.15) is 0 Å². The van der Waals surface area contributed by atoms with E-state index in [1.165, 1.54) is 0 Å². The van der Waals surface area contributed by atoms with E-state index in [4.69, 9.17) is 0 Å². The van der Waals surface area contributed by atoms with Crippen LogP contribution < -0.4 is 5.32 Å². The maximum atomic E-state index is 12.6. The summed E-state index contributed by atoms with van der Waals surface area (Å²) in [6, 6.07) is 3.47. The number of nitrogens with one attached hydrogen (secondary N) is 1. The van der Waals surface area contributed by atoms with Gasteiger partial charge < -0.3 is 15.3 Å². The summed E-state index contributed by atoms with van der Waals surface area (Å²) in [6.45, 7) is 3.53. The zero-order valence-corrected chi connectivity index (χ0v) is 12.0. The lowest BCUT2D eigenvalue weighted by Gasteiger charge is -2.28. The van der Waals surface area contributed by atoms with Gasteiger partial charge in [0.15, 0.2) is 0 Å². The van der Waals surface area contributed by atoms with Gasteiger partial charge in [-0.15, -0.1) is 0 Å². The van der Waals surface area contributed by atoms with Gasteiger partial charge in [-0.05, 0) is 31.9 Å². The minimum absolute atomic E-state index is 0.00694. The molecule has 0 aliphatic carbocycles. The zero-order valence-electron chi connectivity index (χ0n) is 12.0. The van der Waals surface area contributed by atoms with Gasteiger partial charge in [-0.1, -0.05) is 12.8 Å². The van der Waals surface area contributed by atoms with Gasteiger partial charge in [0.2, 0.25) is 0 Å². The van der Waals surface area contributed by atoms with Gasteiger partial charge in [-0.3, -0.25) is 4.79 Å². The molecule has 1 atom stereocenters. The number of pyridine rings is 1. The van der Waals surface area contributed by atoms with Crippen molar-refractivity contribution in [1.82, 2.24) is 9.88 Å². The summed E-state index contributed by atoms with van der Waals surface area (Å²) in [6.07, 6.45) is 5.74. The first-order valence-electron chi connectivity index (χ1n) is 7.38. The Morgan fingerprint density at radius 3 is 3.10 bits per heavy atom. The van der Waals surface area contributed by atoms with Crippen molar-refractivity contribution in [2.75, 3.05) is 25.0 Å². The maximum Gasteiger partial charge on any atom is 0.254 e. The maximum absolute atomic E-state index is 12.6. The number of nitrogens with zero attached hydrogens (tertiary/aromatic N) is 2. The van der Waals surface area contributed by atoms with Crippen LogP contribution in [0.15, 0.2) is 18.3 Å². The normalized spacial score (nSPS) is 19.5. The lowest BCUT2D eigenvalue weighted by atomic mass is 10.1. The molecule has 1 saturated heterocycles. The third kappa shape index (κ3) is 3.48. The summed E-state index contributed by atoms with van der Waals surface area (Å²) in [5, 5.41) is 12.6. The molecular weight excluding hydrogens is 254 g/mol. The fraction of sp³-hybridized carbons (Fsp3) is 0.600. The van der Waals surface area contributed by atoms with Gasteiger partial charge in [0.1, 0.15) is 5.82 Å². The Labute approximate surface area is 120 Å². The Kier molecular flexibility index (Phi) is 5.35. The SMILES string of the molecule is CCNc1cc(C(=O)N2CCCCCC2CO)ccn1. The van der Waals surface area contributed by atoms with E-state index >= 15 is 0 Å². The molecule has 0 saturated carbocycles. The van der Waals surface area contributed by atoms with Gasteiger partial charge in [0.25, 0.3) is 5.91 Å². The van der Waals surface area contributed by atoms with Crippen molar-refractivity contribution in [3.8, 4) is 0 Å². The highest BCUT2D eigenvalue weighted by molar-refractivity contribution is 5.95. The summed E-state index contributed by atoms with van der Waals surface area (Å²) in [5.74, 6) is 0.709. The largest absolute Gasteiger partial charge is 0.394 e. The molecule has 1 aromatic heterocycles. The molecule has 5 heteroatoms. The Morgan fingerprint density at radius 1 is 1.50 bits per heavy atom. The quantitative estimate of drug-likeness (QED) is 0.882. The molecule has 0 radical (unpaired) electrons. The molecule has 5 nitrogen and oxygen atoms in total. The molecule has 1 aliphatic heterocycles. The standard InChI is InChI=1S/C15H23N3O2/c1-2-16-14-10-12(7-8-17-14)15(20)18-9-5-3-4-6-13(18)11-19/h7-8,10,13,19H,2-6,9,11H2,1H3,(H,16,17). The zero-order chi connectivity index (χ0) is 14.4. The van der Waals surface area contributed by atoms with E-state index in [0.29, 0.717) is 11.4 Å². The minimum Gasteiger partial charge on any atom is -0.394 e. The molecule has 0 spiro atoms. The van der Waals surface area contributed by atoms with Crippen LogP contribution in [0.4, 0.5) is 5.82 Å². The first kappa shape index (κ1) is 14.8. The lowest BCUT2D eigenvalue weighted by molar-refractivity contribution is 0.0600. The molecule has 0 bridgehead atoms. The van der Waals surface area contributed by atoms with Crippen molar-refractivity contribution in [3.05, 3.63) is 23.9 Å². The summed E-state index contributed by atoms with van der Waals surface area (Å²) >= 11 is 0. The van der Waals surface area contributed by atoms with Crippen LogP contribution in [0.2, 0.25) is 0 Å². The number of aromatic nitrogens is 1. The van der Waals surface area contributed by atoms with Crippen LogP contribution in [0.3, 0.4) is 0 Å². The van der Waals surface area contributed by atoms with Crippen LogP contribution in [0.25, 0.3) is 0 Å². The molecule has 2 heterocycles. The molecule has 2 N–H and O–H groups in total. The Morgan fingerprint density at radius 2 is 2.35 bits per heavy atom. The first-order valence-corrected chi connectivity index (χ1v) is 7.38. The third-order valence-electron chi connectivity index (χ3n) is 3.71. The number of anilines is 1. The average Bonchev–Trinajstić information content (AvgIpc) is 2.72. The highest BCUT2D eigenvalue weighted by atomic mass is 16.3. The lowest BCUT2D eigenvalue weighted by Crippen LogP contribution is -2.42. The number of aliphatic hydroxyl groups excluding tert-OH is 1. The van der Waals surface area contributed by atoms with E-state index in [9.17, 15) is 9.90 Å². The summed E-state index contributed by atoms with van der Waals surface area (Å²) < 4.78 is 0. The van der Waals surface area contributed by atoms with Crippen LogP contribution in [-0.4, -0.2) is 46.6 Å². The second-order valence-corrected chi connectivity index (χ2v) is 5.14. The van der Waals surface area contributed by atoms with Gasteiger partial charge >= 0.3 is 0 Å². The Hall–Kier alpha value is -1.62. The Balaban J connectivity index is 2.17. The predicted molar refractivity (Wildman–Crippen MR) is 78.8 cm³/mol. The van der Waals surface area contributed by atoms with Gasteiger partial charge in [0, 0.05) is 24.8 Å². The van der Waals surface area contributed by atoms with Crippen LogP contribution in [-0.2, 0) is 0 Å². The van der Waals surface area contributed by atoms with Crippen LogP contribution >= 0.6 is 0 Å². The van der Waals surface area contributed by atoms with E-state index in [0.717, 1.165) is 38.8 Å². The number of likely N-dealkylation sites (tertiary alicyclic amines) is 1. The number of amides is 1. The molecule has 1 amide bonds. The number of hydrogen-bond donors (Lipinski definition) is 2. The molecule has 1 unspecified atom stereocenters. The number of rotatable bonds is 4. The molecule has 1 aromatic rings. The minimum atomic E-state index is -0.0549. The highest BCUT2D eigenvalue weighted by Gasteiger charge is 2.25. The van der Waals surface area contributed by atoms with Gasteiger partial charge in [-0.25, -0.2) is 4.98 Å². The molecule has 2 rings (SSSR count). The summed E-state index contributed by atoms with van der Waals surface area (Å²) in [4.78, 5) is 18.6. The van der Waals surface area contributed by atoms with Crippen molar-refractivity contribution in [2.45, 2.75) is 38.6 Å². The summed E-state index contributed by atoms with van der Waals surface area (Å²) in [5.41, 5.74) is 0.635. The van der Waals surface area contributed by atoms with E-state index < -0.39 is 0 Å². The molecule has 0 aromatic carbocycles. The number of carbonyl (C=O) groups excluding carboxylic acids is 1. The fourth-order valence-corrected chi connectivity index (χ4v) is 2.64. The summed E-state index contributed by atoms with van der Waals surface area (Å²) in [7, 11) is 0. The van der Waals surface area contributed by atoms with Crippen molar-refractivity contribution in [3.63, 3.8) is 0 Å². The van der Waals surface area contributed by atoms with Crippen molar-refractivity contribution < 1.29 is 9.90 Å². The van der Waals surface area contributed by atoms with E-state index in [1.807, 2.05) is 11.8 Å². The molecule has 110 valence electrons. The fourth-order valence-electron chi connectivity index (χ4n) is 2.64. The first-order chi connectivity index (χ1) is 9.76. The van der Waals surface area contributed by atoms with E-state index in [2.05, 4.69) is 10.3 Å². The topological polar surface area (TPSA) is 65.5 Å². The average molecular weight is 277 g/mol. The van der Waals surface area contributed by atoms with Crippen molar-refractivity contribution in [2.24, 2.45) is 0 Å². The second kappa shape index (κ2) is 7.24. The Bertz CT molecular complexity index is 450. The second-order valence-electron chi connectivity index (χ2n) is 5.14. The monoisotopic (exact) mass is 277 g/mol. The molecule has 20 heavy (non-hydrogen) atoms. The predicted octanol–water partition coefficient (Wildman–Crippen LogP) is 1.89. The van der Waals surface area contributed by atoms with E-state index in [1.54, 1.807) is 18.3 Å². The van der Waals surface area contributed by atoms with Crippen LogP contribution in [0.5, 0.6) is 0 Å². The van der Waals surface area contributed by atoms with Crippen LogP contribution in [0, 0.1) is 0 Å². The molecule has 1 fully saturated rings. The van der Waals surface area contributed by atoms with E-state index in [-0.39, 0.29) is 18.6 Å². The number of aliphatic hydroxyl groups is 1. The molecular formula is C15H23N3O2. The third-order valence-corrected chi connectivity index (χ3v) is 3.71. The number of hydrogen-bond acceptors (Lipinski definition) is 4. The number of carbonyl (C=O) groups is 1. The van der Waals surface area contributed by atoms with Crippen molar-refractivity contribution >= 4 is 11.7 Å². The highest BCUT2D eigenvalue weighted by Crippen LogP contribution is 2.19. The van der Waals surface area contributed by atoms with Gasteiger partial charge in [0.05, 0.1) is 12.6 Å². The van der Waals surface area contributed by atoms with Crippen molar-refractivity contribution in [1.29, 1.82) is 0 Å². The van der Waals surface area contributed by atoms with Crippen LogP contribution in [0.1, 0.15) is 43.0 Å². The molecule has 1 aliphatic rings. The smallest absolute Gasteiger partial charge is 0.254 e.